The van der Waals surface area contributed by atoms with Crippen molar-refractivity contribution >= 4 is 27.8 Å². The first kappa shape index (κ1) is 15.1. The molecular formula is C14H19BrN2O3. The fraction of sp³-hybridized carbons (Fsp3) is 0.571. The van der Waals surface area contributed by atoms with Crippen LogP contribution in [0.15, 0.2) is 16.7 Å². The number of nitrogens with zero attached hydrogens (tertiary/aromatic N) is 1. The number of halogens is 1. The number of aromatic amines is 1. The normalized spacial score (nSPS) is 20.7. The van der Waals surface area contributed by atoms with E-state index in [2.05, 4.69) is 20.9 Å². The molecule has 110 valence electrons. The predicted molar refractivity (Wildman–Crippen MR) is 78.5 cm³/mol. The van der Waals surface area contributed by atoms with E-state index in [1.165, 1.54) is 0 Å². The molecule has 0 bridgehead atoms. The molecule has 1 aromatic heterocycles. The fourth-order valence-corrected chi connectivity index (χ4v) is 3.11. The van der Waals surface area contributed by atoms with E-state index in [4.69, 9.17) is 5.11 Å². The highest BCUT2D eigenvalue weighted by Gasteiger charge is 2.29. The summed E-state index contributed by atoms with van der Waals surface area (Å²) in [6, 6.07) is 1.77. The molecule has 0 spiro atoms. The molecule has 1 fully saturated rings. The standard InChI is InChI=1S/C14H19BrN2O3/c1-9(5-13(18)19)10-3-2-4-17(8-10)14(20)12-6-11(15)7-16-12/h6-7,9-10,16H,2-5,8H2,1H3,(H,18,19). The maximum Gasteiger partial charge on any atom is 0.303 e. The highest BCUT2D eigenvalue weighted by molar-refractivity contribution is 9.10. The highest BCUT2D eigenvalue weighted by Crippen LogP contribution is 2.27. The average Bonchev–Trinajstić information content (AvgIpc) is 2.84. The summed E-state index contributed by atoms with van der Waals surface area (Å²) >= 11 is 3.32. The van der Waals surface area contributed by atoms with Crippen molar-refractivity contribution in [1.29, 1.82) is 0 Å². The van der Waals surface area contributed by atoms with Gasteiger partial charge < -0.3 is 15.0 Å². The Morgan fingerprint density at radius 1 is 1.60 bits per heavy atom. The summed E-state index contributed by atoms with van der Waals surface area (Å²) in [5, 5.41) is 8.88. The second kappa shape index (κ2) is 6.43. The number of nitrogens with one attached hydrogen (secondary N) is 1. The van der Waals surface area contributed by atoms with Crippen LogP contribution in [0.1, 0.15) is 36.7 Å². The molecule has 6 heteroatoms. The summed E-state index contributed by atoms with van der Waals surface area (Å²) in [6.45, 7) is 3.34. The fourth-order valence-electron chi connectivity index (χ4n) is 2.76. The summed E-state index contributed by atoms with van der Waals surface area (Å²) in [7, 11) is 0. The lowest BCUT2D eigenvalue weighted by Gasteiger charge is -2.35. The molecule has 1 aromatic rings. The number of rotatable bonds is 4. The quantitative estimate of drug-likeness (QED) is 0.883. The average molecular weight is 343 g/mol. The van der Waals surface area contributed by atoms with Crippen molar-refractivity contribution in [1.82, 2.24) is 9.88 Å². The number of piperidine rings is 1. The van der Waals surface area contributed by atoms with Crippen molar-refractivity contribution in [2.75, 3.05) is 13.1 Å². The first-order chi connectivity index (χ1) is 9.47. The molecular weight excluding hydrogens is 324 g/mol. The van der Waals surface area contributed by atoms with Crippen molar-refractivity contribution in [3.63, 3.8) is 0 Å². The summed E-state index contributed by atoms with van der Waals surface area (Å²) in [5.41, 5.74) is 0.573. The maximum absolute atomic E-state index is 12.4. The Morgan fingerprint density at radius 2 is 2.35 bits per heavy atom. The third kappa shape index (κ3) is 3.62. The number of aliphatic carboxylic acids is 1. The summed E-state index contributed by atoms with van der Waals surface area (Å²) in [4.78, 5) is 27.9. The second-order valence-corrected chi connectivity index (χ2v) is 6.38. The van der Waals surface area contributed by atoms with Gasteiger partial charge in [-0.25, -0.2) is 0 Å². The third-order valence-electron chi connectivity index (χ3n) is 3.92. The van der Waals surface area contributed by atoms with Crippen LogP contribution in [0.5, 0.6) is 0 Å². The predicted octanol–water partition coefficient (Wildman–Crippen LogP) is 2.74. The third-order valence-corrected chi connectivity index (χ3v) is 4.38. The van der Waals surface area contributed by atoms with Crippen LogP contribution in [-0.4, -0.2) is 40.0 Å². The number of H-pyrrole nitrogens is 1. The van der Waals surface area contributed by atoms with Crippen LogP contribution in [0.3, 0.4) is 0 Å². The minimum Gasteiger partial charge on any atom is -0.481 e. The molecule has 0 saturated carbocycles. The zero-order chi connectivity index (χ0) is 14.7. The Bertz CT molecular complexity index is 500. The SMILES string of the molecule is CC(CC(=O)O)C1CCCN(C(=O)c2cc(Br)c[nH]2)C1. The van der Waals surface area contributed by atoms with E-state index in [-0.39, 0.29) is 24.2 Å². The first-order valence-corrected chi connectivity index (χ1v) is 7.61. The second-order valence-electron chi connectivity index (χ2n) is 5.46. The number of carbonyl (C=O) groups excluding carboxylic acids is 1. The van der Waals surface area contributed by atoms with Gasteiger partial charge in [0.1, 0.15) is 5.69 Å². The Hall–Kier alpha value is -1.30. The lowest BCUT2D eigenvalue weighted by atomic mass is 9.84. The molecule has 0 radical (unpaired) electrons. The lowest BCUT2D eigenvalue weighted by molar-refractivity contribution is -0.138. The molecule has 20 heavy (non-hydrogen) atoms. The summed E-state index contributed by atoms with van der Waals surface area (Å²) < 4.78 is 0.855. The van der Waals surface area contributed by atoms with Crippen LogP contribution < -0.4 is 0 Å². The highest BCUT2D eigenvalue weighted by atomic mass is 79.9. The largest absolute Gasteiger partial charge is 0.481 e. The number of aromatic nitrogens is 1. The van der Waals surface area contributed by atoms with Crippen molar-refractivity contribution < 1.29 is 14.7 Å². The minimum absolute atomic E-state index is 0.0112. The molecule has 0 aliphatic carbocycles. The monoisotopic (exact) mass is 342 g/mol. The molecule has 2 unspecified atom stereocenters. The molecule has 2 N–H and O–H groups in total. The van der Waals surface area contributed by atoms with Gasteiger partial charge in [0.2, 0.25) is 0 Å². The molecule has 1 saturated heterocycles. The van der Waals surface area contributed by atoms with Crippen LogP contribution in [0, 0.1) is 11.8 Å². The first-order valence-electron chi connectivity index (χ1n) is 6.82. The zero-order valence-corrected chi connectivity index (χ0v) is 13.0. The lowest BCUT2D eigenvalue weighted by Crippen LogP contribution is -2.42. The van der Waals surface area contributed by atoms with Crippen LogP contribution in [0.4, 0.5) is 0 Å². The van der Waals surface area contributed by atoms with Gasteiger partial charge in [-0.05, 0) is 46.7 Å². The van der Waals surface area contributed by atoms with Gasteiger partial charge >= 0.3 is 5.97 Å². The van der Waals surface area contributed by atoms with Crippen molar-refractivity contribution in [2.45, 2.75) is 26.2 Å². The van der Waals surface area contributed by atoms with Crippen molar-refractivity contribution in [3.8, 4) is 0 Å². The van der Waals surface area contributed by atoms with E-state index >= 15 is 0 Å². The van der Waals surface area contributed by atoms with Gasteiger partial charge in [-0.15, -0.1) is 0 Å². The van der Waals surface area contributed by atoms with Gasteiger partial charge in [0.05, 0.1) is 0 Å². The number of carbonyl (C=O) groups is 2. The van der Waals surface area contributed by atoms with Gasteiger partial charge in [-0.1, -0.05) is 6.92 Å². The smallest absolute Gasteiger partial charge is 0.303 e. The molecule has 1 aliphatic heterocycles. The number of carboxylic acid groups (broad SMARTS) is 1. The van der Waals surface area contributed by atoms with Gasteiger partial charge in [0.15, 0.2) is 0 Å². The Morgan fingerprint density at radius 3 is 2.95 bits per heavy atom. The number of hydrogen-bond acceptors (Lipinski definition) is 2. The summed E-state index contributed by atoms with van der Waals surface area (Å²) in [5.74, 6) is -0.419. The van der Waals surface area contributed by atoms with Crippen molar-refractivity contribution in [3.05, 3.63) is 22.4 Å². The van der Waals surface area contributed by atoms with Gasteiger partial charge in [0.25, 0.3) is 5.91 Å². The summed E-state index contributed by atoms with van der Waals surface area (Å²) in [6.07, 6.45) is 3.83. The number of hydrogen-bond donors (Lipinski definition) is 2. The van der Waals surface area contributed by atoms with Gasteiger partial charge in [-0.2, -0.15) is 0 Å². The minimum atomic E-state index is -0.769. The van der Waals surface area contributed by atoms with Gasteiger partial charge in [-0.3, -0.25) is 9.59 Å². The number of amides is 1. The van der Waals surface area contributed by atoms with E-state index in [0.717, 1.165) is 23.9 Å². The van der Waals surface area contributed by atoms with Crippen LogP contribution >= 0.6 is 15.9 Å². The molecule has 1 aliphatic rings. The van der Waals surface area contributed by atoms with Gasteiger partial charge in [0, 0.05) is 30.2 Å². The van der Waals surface area contributed by atoms with Crippen LogP contribution in [-0.2, 0) is 4.79 Å². The molecule has 1 amide bonds. The van der Waals surface area contributed by atoms with Crippen LogP contribution in [0.2, 0.25) is 0 Å². The topological polar surface area (TPSA) is 73.4 Å². The van der Waals surface area contributed by atoms with Crippen molar-refractivity contribution in [2.24, 2.45) is 11.8 Å². The van der Waals surface area contributed by atoms with E-state index in [1.807, 2.05) is 11.8 Å². The molecule has 2 rings (SSSR count). The Kier molecular flexibility index (Phi) is 4.86. The van der Waals surface area contributed by atoms with E-state index in [9.17, 15) is 9.59 Å². The van der Waals surface area contributed by atoms with E-state index in [0.29, 0.717) is 12.2 Å². The zero-order valence-electron chi connectivity index (χ0n) is 11.4. The van der Waals surface area contributed by atoms with Crippen LogP contribution in [0.25, 0.3) is 0 Å². The maximum atomic E-state index is 12.4. The van der Waals surface area contributed by atoms with E-state index < -0.39 is 5.97 Å². The molecule has 2 heterocycles. The van der Waals surface area contributed by atoms with E-state index in [1.54, 1.807) is 12.3 Å². The Balaban J connectivity index is 1.99. The molecule has 0 aromatic carbocycles. The number of likely N-dealkylation sites (tertiary alicyclic amines) is 1. The molecule has 2 atom stereocenters. The number of carboxylic acids is 1. The Labute approximate surface area is 126 Å². The molecule has 5 nitrogen and oxygen atoms in total.